The number of ether oxygens (including phenoxy) is 1. The maximum absolute atomic E-state index is 11.9. The molecule has 3 rings (SSSR count). The van der Waals surface area contributed by atoms with Crippen LogP contribution in [-0.4, -0.2) is 40.5 Å². The lowest BCUT2D eigenvalue weighted by Gasteiger charge is -2.15. The average Bonchev–Trinajstić information content (AvgIpc) is 3.02. The summed E-state index contributed by atoms with van der Waals surface area (Å²) in [5.41, 5.74) is 0.738. The third kappa shape index (κ3) is 6.53. The molecule has 0 saturated heterocycles. The molecule has 2 aromatic rings. The van der Waals surface area contributed by atoms with Gasteiger partial charge in [-0.1, -0.05) is 49.0 Å². The average molecular weight is 424 g/mol. The van der Waals surface area contributed by atoms with Crippen LogP contribution in [0.2, 0.25) is 5.02 Å². The van der Waals surface area contributed by atoms with Crippen molar-refractivity contribution in [2.45, 2.75) is 49.8 Å². The second-order valence-electron chi connectivity index (χ2n) is 6.59. The minimum absolute atomic E-state index is 0.0149. The van der Waals surface area contributed by atoms with Gasteiger partial charge in [-0.2, -0.15) is 0 Å². The summed E-state index contributed by atoms with van der Waals surface area (Å²) in [6.45, 7) is -0.268. The van der Waals surface area contributed by atoms with Gasteiger partial charge in [0.2, 0.25) is 5.89 Å². The van der Waals surface area contributed by atoms with Crippen LogP contribution in [0, 0.1) is 0 Å². The minimum Gasteiger partial charge on any atom is -0.455 e. The van der Waals surface area contributed by atoms with E-state index < -0.39 is 5.97 Å². The first-order chi connectivity index (χ1) is 13.6. The van der Waals surface area contributed by atoms with Gasteiger partial charge in [0, 0.05) is 16.6 Å². The van der Waals surface area contributed by atoms with Crippen molar-refractivity contribution < 1.29 is 18.7 Å². The summed E-state index contributed by atoms with van der Waals surface area (Å²) in [4.78, 5) is 23.8. The molecule has 0 aliphatic heterocycles. The lowest BCUT2D eigenvalue weighted by molar-refractivity contribution is -0.146. The van der Waals surface area contributed by atoms with Crippen LogP contribution in [-0.2, 0) is 14.3 Å². The zero-order valence-electron chi connectivity index (χ0n) is 15.4. The van der Waals surface area contributed by atoms with Crippen molar-refractivity contribution in [1.82, 2.24) is 15.5 Å². The maximum atomic E-state index is 11.9. The molecule has 1 saturated carbocycles. The summed E-state index contributed by atoms with van der Waals surface area (Å²) in [5, 5.41) is 11.6. The Kier molecular flexibility index (Phi) is 7.73. The van der Waals surface area contributed by atoms with E-state index in [-0.39, 0.29) is 29.5 Å². The second kappa shape index (κ2) is 10.5. The first-order valence-corrected chi connectivity index (χ1v) is 10.6. The molecule has 1 fully saturated rings. The highest BCUT2D eigenvalue weighted by molar-refractivity contribution is 7.99. The van der Waals surface area contributed by atoms with Gasteiger partial charge in [0.05, 0.1) is 0 Å². The van der Waals surface area contributed by atoms with Crippen LogP contribution >= 0.6 is 23.4 Å². The molecule has 1 aliphatic rings. The fourth-order valence-electron chi connectivity index (χ4n) is 2.98. The van der Waals surface area contributed by atoms with E-state index in [1.165, 1.54) is 12.8 Å². The minimum atomic E-state index is -0.507. The quantitative estimate of drug-likeness (QED) is 0.410. The third-order valence-electron chi connectivity index (χ3n) is 4.40. The molecule has 0 spiro atoms. The van der Waals surface area contributed by atoms with Crippen molar-refractivity contribution in [2.75, 3.05) is 12.4 Å². The Morgan fingerprint density at radius 2 is 1.86 bits per heavy atom. The Morgan fingerprint density at radius 3 is 2.57 bits per heavy atom. The molecule has 1 heterocycles. The lowest BCUT2D eigenvalue weighted by Crippen LogP contribution is -2.37. The number of rotatable bonds is 7. The van der Waals surface area contributed by atoms with Gasteiger partial charge < -0.3 is 14.5 Å². The van der Waals surface area contributed by atoms with E-state index in [0.717, 1.165) is 43.0 Å². The van der Waals surface area contributed by atoms with Crippen LogP contribution in [0.4, 0.5) is 0 Å². The Hall–Kier alpha value is -2.06. The number of carbonyl (C=O) groups excluding carboxylic acids is 2. The van der Waals surface area contributed by atoms with Gasteiger partial charge in [0.25, 0.3) is 11.1 Å². The number of hydrogen-bond donors (Lipinski definition) is 1. The summed E-state index contributed by atoms with van der Waals surface area (Å²) in [6.07, 6.45) is 6.67. The molecule has 150 valence electrons. The number of esters is 1. The summed E-state index contributed by atoms with van der Waals surface area (Å²) >= 11 is 6.92. The monoisotopic (exact) mass is 423 g/mol. The maximum Gasteiger partial charge on any atom is 0.316 e. The van der Waals surface area contributed by atoms with E-state index in [4.69, 9.17) is 20.8 Å². The molecule has 1 aromatic heterocycles. The van der Waals surface area contributed by atoms with Crippen molar-refractivity contribution >= 4 is 35.2 Å². The third-order valence-corrected chi connectivity index (χ3v) is 5.44. The van der Waals surface area contributed by atoms with Crippen molar-refractivity contribution in [3.63, 3.8) is 0 Å². The number of aromatic nitrogens is 2. The molecule has 0 radical (unpaired) electrons. The summed E-state index contributed by atoms with van der Waals surface area (Å²) in [5.74, 6) is -0.436. The number of thioether (sulfide) groups is 1. The number of nitrogens with zero attached hydrogens (tertiary/aromatic N) is 2. The van der Waals surface area contributed by atoms with Gasteiger partial charge >= 0.3 is 5.97 Å². The zero-order valence-corrected chi connectivity index (χ0v) is 16.9. The molecule has 7 nitrogen and oxygen atoms in total. The first-order valence-electron chi connectivity index (χ1n) is 9.27. The number of nitrogens with one attached hydrogen (secondary N) is 1. The molecule has 0 bridgehead atoms. The summed E-state index contributed by atoms with van der Waals surface area (Å²) < 4.78 is 10.5. The zero-order chi connectivity index (χ0) is 19.8. The van der Waals surface area contributed by atoms with Crippen LogP contribution in [0.3, 0.4) is 0 Å². The molecule has 0 atom stereocenters. The number of benzene rings is 1. The highest BCUT2D eigenvalue weighted by atomic mass is 35.5. The molecular formula is C19H22ClN3O4S. The summed E-state index contributed by atoms with van der Waals surface area (Å²) in [6, 6.07) is 7.18. The second-order valence-corrected chi connectivity index (χ2v) is 7.95. The Bertz CT molecular complexity index is 789. The van der Waals surface area contributed by atoms with Gasteiger partial charge in [0.15, 0.2) is 6.61 Å². The smallest absolute Gasteiger partial charge is 0.316 e. The predicted molar refractivity (Wildman–Crippen MR) is 106 cm³/mol. The first kappa shape index (κ1) is 20.7. The Balaban J connectivity index is 1.38. The van der Waals surface area contributed by atoms with Crippen molar-refractivity contribution in [2.24, 2.45) is 0 Å². The fraction of sp³-hybridized carbons (Fsp3) is 0.474. The molecule has 1 aromatic carbocycles. The fourth-order valence-corrected chi connectivity index (χ4v) is 3.67. The lowest BCUT2D eigenvalue weighted by atomic mass is 10.1. The highest BCUT2D eigenvalue weighted by Crippen LogP contribution is 2.24. The Morgan fingerprint density at radius 1 is 1.14 bits per heavy atom. The van der Waals surface area contributed by atoms with Gasteiger partial charge in [-0.3, -0.25) is 9.59 Å². The molecule has 1 N–H and O–H groups in total. The normalized spacial score (nSPS) is 15.0. The van der Waals surface area contributed by atoms with E-state index in [1.807, 2.05) is 0 Å². The molecule has 0 unspecified atom stereocenters. The van der Waals surface area contributed by atoms with Gasteiger partial charge in [-0.15, -0.1) is 10.2 Å². The van der Waals surface area contributed by atoms with Crippen molar-refractivity contribution in [3.8, 4) is 11.5 Å². The van der Waals surface area contributed by atoms with E-state index in [9.17, 15) is 9.59 Å². The van der Waals surface area contributed by atoms with E-state index in [2.05, 4.69) is 15.5 Å². The van der Waals surface area contributed by atoms with Gasteiger partial charge in [0.1, 0.15) is 5.75 Å². The van der Waals surface area contributed by atoms with E-state index in [0.29, 0.717) is 10.9 Å². The highest BCUT2D eigenvalue weighted by Gasteiger charge is 2.17. The van der Waals surface area contributed by atoms with Gasteiger partial charge in [-0.05, 0) is 37.1 Å². The number of hydrogen-bond acceptors (Lipinski definition) is 7. The molecule has 1 aliphatic carbocycles. The number of carbonyl (C=O) groups is 2. The van der Waals surface area contributed by atoms with Crippen LogP contribution in [0.1, 0.15) is 38.5 Å². The predicted octanol–water partition coefficient (Wildman–Crippen LogP) is 3.86. The SMILES string of the molecule is O=C(COC(=O)CSc1nnc(-c2ccc(Cl)cc2)o1)NC1CCCCCC1. The van der Waals surface area contributed by atoms with Crippen LogP contribution in [0.25, 0.3) is 11.5 Å². The molecule has 9 heteroatoms. The number of amides is 1. The van der Waals surface area contributed by atoms with Crippen LogP contribution < -0.4 is 5.32 Å². The molecule has 1 amide bonds. The van der Waals surface area contributed by atoms with Crippen LogP contribution in [0.5, 0.6) is 0 Å². The van der Waals surface area contributed by atoms with E-state index in [1.54, 1.807) is 24.3 Å². The van der Waals surface area contributed by atoms with Gasteiger partial charge in [-0.25, -0.2) is 0 Å². The van der Waals surface area contributed by atoms with E-state index >= 15 is 0 Å². The largest absolute Gasteiger partial charge is 0.455 e. The Labute approximate surface area is 172 Å². The van der Waals surface area contributed by atoms with Crippen molar-refractivity contribution in [1.29, 1.82) is 0 Å². The standard InChI is InChI=1S/C19H22ClN3O4S/c20-14-9-7-13(8-10-14)18-22-23-19(27-18)28-12-17(25)26-11-16(24)21-15-5-3-1-2-4-6-15/h7-10,15H,1-6,11-12H2,(H,21,24). The molecule has 28 heavy (non-hydrogen) atoms. The number of halogens is 1. The van der Waals surface area contributed by atoms with Crippen molar-refractivity contribution in [3.05, 3.63) is 29.3 Å². The topological polar surface area (TPSA) is 94.3 Å². The summed E-state index contributed by atoms with van der Waals surface area (Å²) in [7, 11) is 0. The molecular weight excluding hydrogens is 402 g/mol. The van der Waals surface area contributed by atoms with Crippen LogP contribution in [0.15, 0.2) is 33.9 Å².